The van der Waals surface area contributed by atoms with Crippen LogP contribution in [0.3, 0.4) is 0 Å². The van der Waals surface area contributed by atoms with Gasteiger partial charge in [-0.25, -0.2) is 4.98 Å². The molecule has 0 N–H and O–H groups in total. The van der Waals surface area contributed by atoms with Gasteiger partial charge in [0.15, 0.2) is 0 Å². The Kier molecular flexibility index (Phi) is 3.17. The summed E-state index contributed by atoms with van der Waals surface area (Å²) in [6.45, 7) is 5.40. The molecule has 2 rings (SSSR count). The van der Waals surface area contributed by atoms with Crippen molar-refractivity contribution in [2.75, 3.05) is 18.0 Å². The Hall–Kier alpha value is -1.45. The van der Waals surface area contributed by atoms with Gasteiger partial charge in [0.05, 0.1) is 5.69 Å². The van der Waals surface area contributed by atoms with Gasteiger partial charge in [-0.3, -0.25) is 9.78 Å². The van der Waals surface area contributed by atoms with Gasteiger partial charge in [0, 0.05) is 31.4 Å². The third kappa shape index (κ3) is 2.21. The van der Waals surface area contributed by atoms with Crippen molar-refractivity contribution in [2.24, 2.45) is 5.92 Å². The number of aryl methyl sites for hydroxylation is 1. The number of ketones is 1. The standard InChI is InChI=1S/C12H17N3O/c1-9-12(14-6-5-13-9)15-7-3-4-11(8-15)10(2)16/h5-6,11H,3-4,7-8H2,1-2H3. The number of piperidine rings is 1. The van der Waals surface area contributed by atoms with Gasteiger partial charge in [0.2, 0.25) is 0 Å². The molecule has 0 radical (unpaired) electrons. The van der Waals surface area contributed by atoms with Crippen molar-refractivity contribution < 1.29 is 4.79 Å². The van der Waals surface area contributed by atoms with E-state index in [0.717, 1.165) is 37.4 Å². The number of carbonyl (C=O) groups excluding carboxylic acids is 1. The number of aromatic nitrogens is 2. The van der Waals surface area contributed by atoms with Crippen LogP contribution in [0.1, 0.15) is 25.5 Å². The lowest BCUT2D eigenvalue weighted by Gasteiger charge is -2.32. The van der Waals surface area contributed by atoms with Crippen molar-refractivity contribution in [1.82, 2.24) is 9.97 Å². The van der Waals surface area contributed by atoms with Crippen LogP contribution in [-0.2, 0) is 4.79 Å². The summed E-state index contributed by atoms with van der Waals surface area (Å²) in [5.41, 5.74) is 0.937. The molecule has 16 heavy (non-hydrogen) atoms. The molecular weight excluding hydrogens is 202 g/mol. The first-order chi connectivity index (χ1) is 7.68. The van der Waals surface area contributed by atoms with Crippen LogP contribution < -0.4 is 4.90 Å². The third-order valence-electron chi connectivity index (χ3n) is 3.15. The molecule has 1 fully saturated rings. The number of Topliss-reactive ketones (excluding diaryl/α,β-unsaturated/α-hetero) is 1. The molecule has 1 aliphatic heterocycles. The lowest BCUT2D eigenvalue weighted by molar-refractivity contribution is -0.120. The minimum Gasteiger partial charge on any atom is -0.354 e. The molecule has 4 nitrogen and oxygen atoms in total. The summed E-state index contributed by atoms with van der Waals surface area (Å²) in [5, 5.41) is 0. The molecule has 1 aliphatic rings. The SMILES string of the molecule is CC(=O)C1CCCN(c2nccnc2C)C1. The van der Waals surface area contributed by atoms with Crippen molar-refractivity contribution in [2.45, 2.75) is 26.7 Å². The maximum Gasteiger partial charge on any atom is 0.150 e. The average molecular weight is 219 g/mol. The molecule has 0 spiro atoms. The summed E-state index contributed by atoms with van der Waals surface area (Å²) in [6, 6.07) is 0. The smallest absolute Gasteiger partial charge is 0.150 e. The second kappa shape index (κ2) is 4.60. The van der Waals surface area contributed by atoms with Crippen LogP contribution in [0.15, 0.2) is 12.4 Å². The zero-order valence-corrected chi connectivity index (χ0v) is 9.81. The molecule has 1 aromatic rings. The van der Waals surface area contributed by atoms with Gasteiger partial charge in [0.25, 0.3) is 0 Å². The molecule has 0 amide bonds. The fourth-order valence-electron chi connectivity index (χ4n) is 2.21. The molecule has 0 aromatic carbocycles. The Morgan fingerprint density at radius 3 is 2.88 bits per heavy atom. The second-order valence-electron chi connectivity index (χ2n) is 4.36. The van der Waals surface area contributed by atoms with Gasteiger partial charge < -0.3 is 4.90 Å². The van der Waals surface area contributed by atoms with Crippen molar-refractivity contribution in [3.05, 3.63) is 18.1 Å². The molecule has 1 aromatic heterocycles. The number of rotatable bonds is 2. The molecule has 4 heteroatoms. The zero-order valence-electron chi connectivity index (χ0n) is 9.81. The zero-order chi connectivity index (χ0) is 11.5. The van der Waals surface area contributed by atoms with E-state index in [1.54, 1.807) is 19.3 Å². The van der Waals surface area contributed by atoms with E-state index in [2.05, 4.69) is 14.9 Å². The van der Waals surface area contributed by atoms with Gasteiger partial charge in [0.1, 0.15) is 11.6 Å². The second-order valence-corrected chi connectivity index (χ2v) is 4.36. The highest BCUT2D eigenvalue weighted by Crippen LogP contribution is 2.23. The number of hydrogen-bond donors (Lipinski definition) is 0. The summed E-state index contributed by atoms with van der Waals surface area (Å²) < 4.78 is 0. The highest BCUT2D eigenvalue weighted by molar-refractivity contribution is 5.79. The first-order valence-electron chi connectivity index (χ1n) is 5.71. The van der Waals surface area contributed by atoms with Crippen LogP contribution in [0.25, 0.3) is 0 Å². The number of nitrogens with zero attached hydrogens (tertiary/aromatic N) is 3. The van der Waals surface area contributed by atoms with E-state index in [1.165, 1.54) is 0 Å². The molecule has 0 saturated carbocycles. The molecule has 1 saturated heterocycles. The van der Waals surface area contributed by atoms with Gasteiger partial charge in [-0.15, -0.1) is 0 Å². The first kappa shape index (κ1) is 11.0. The fraction of sp³-hybridized carbons (Fsp3) is 0.583. The molecule has 86 valence electrons. The van der Waals surface area contributed by atoms with Crippen LogP contribution in [0, 0.1) is 12.8 Å². The Bertz CT molecular complexity index is 392. The number of hydrogen-bond acceptors (Lipinski definition) is 4. The monoisotopic (exact) mass is 219 g/mol. The van der Waals surface area contributed by atoms with E-state index in [4.69, 9.17) is 0 Å². The topological polar surface area (TPSA) is 46.1 Å². The Morgan fingerprint density at radius 2 is 2.19 bits per heavy atom. The molecule has 1 unspecified atom stereocenters. The lowest BCUT2D eigenvalue weighted by atomic mass is 9.94. The summed E-state index contributed by atoms with van der Waals surface area (Å²) in [7, 11) is 0. The highest BCUT2D eigenvalue weighted by atomic mass is 16.1. The number of carbonyl (C=O) groups is 1. The van der Waals surface area contributed by atoms with Crippen molar-refractivity contribution in [3.8, 4) is 0 Å². The Morgan fingerprint density at radius 1 is 1.44 bits per heavy atom. The normalized spacial score (nSPS) is 20.9. The van der Waals surface area contributed by atoms with Crippen molar-refractivity contribution >= 4 is 11.6 Å². The van der Waals surface area contributed by atoms with E-state index in [-0.39, 0.29) is 11.7 Å². The van der Waals surface area contributed by atoms with E-state index in [1.807, 2.05) is 6.92 Å². The Labute approximate surface area is 95.7 Å². The number of anilines is 1. The Balaban J connectivity index is 2.16. The van der Waals surface area contributed by atoms with Crippen LogP contribution in [0.4, 0.5) is 5.82 Å². The average Bonchev–Trinajstić information content (AvgIpc) is 2.30. The summed E-state index contributed by atoms with van der Waals surface area (Å²) in [5.74, 6) is 1.37. The maximum atomic E-state index is 11.4. The van der Waals surface area contributed by atoms with Crippen molar-refractivity contribution in [1.29, 1.82) is 0 Å². The minimum atomic E-state index is 0.162. The summed E-state index contributed by atoms with van der Waals surface area (Å²) in [6.07, 6.45) is 5.47. The maximum absolute atomic E-state index is 11.4. The van der Waals surface area contributed by atoms with Crippen LogP contribution >= 0.6 is 0 Å². The summed E-state index contributed by atoms with van der Waals surface area (Å²) >= 11 is 0. The van der Waals surface area contributed by atoms with Gasteiger partial charge in [-0.05, 0) is 26.7 Å². The van der Waals surface area contributed by atoms with Crippen molar-refractivity contribution in [3.63, 3.8) is 0 Å². The predicted octanol–water partition coefficient (Wildman–Crippen LogP) is 1.59. The van der Waals surface area contributed by atoms with Crippen LogP contribution in [-0.4, -0.2) is 28.8 Å². The molecule has 0 bridgehead atoms. The fourth-order valence-corrected chi connectivity index (χ4v) is 2.21. The largest absolute Gasteiger partial charge is 0.354 e. The summed E-state index contributed by atoms with van der Waals surface area (Å²) in [4.78, 5) is 22.2. The molecule has 1 atom stereocenters. The van der Waals surface area contributed by atoms with E-state index >= 15 is 0 Å². The van der Waals surface area contributed by atoms with Gasteiger partial charge >= 0.3 is 0 Å². The molecular formula is C12H17N3O. The first-order valence-corrected chi connectivity index (χ1v) is 5.71. The van der Waals surface area contributed by atoms with Gasteiger partial charge in [-0.1, -0.05) is 0 Å². The van der Waals surface area contributed by atoms with E-state index < -0.39 is 0 Å². The van der Waals surface area contributed by atoms with E-state index in [9.17, 15) is 4.79 Å². The van der Waals surface area contributed by atoms with Crippen LogP contribution in [0.2, 0.25) is 0 Å². The molecule has 0 aliphatic carbocycles. The lowest BCUT2D eigenvalue weighted by Crippen LogP contribution is -2.39. The highest BCUT2D eigenvalue weighted by Gasteiger charge is 2.24. The van der Waals surface area contributed by atoms with Crippen LogP contribution in [0.5, 0.6) is 0 Å². The van der Waals surface area contributed by atoms with E-state index in [0.29, 0.717) is 0 Å². The van der Waals surface area contributed by atoms with Gasteiger partial charge in [-0.2, -0.15) is 0 Å². The minimum absolute atomic E-state index is 0.162. The quantitative estimate of drug-likeness (QED) is 0.757. The third-order valence-corrected chi connectivity index (χ3v) is 3.15. The predicted molar refractivity (Wildman–Crippen MR) is 62.4 cm³/mol. The molecule has 2 heterocycles.